The molecule has 21 heavy (non-hydrogen) atoms. The second-order valence-corrected chi connectivity index (χ2v) is 6.61. The van der Waals surface area contributed by atoms with Crippen molar-refractivity contribution in [2.45, 2.75) is 64.7 Å². The first-order valence-corrected chi connectivity index (χ1v) is 8.93. The maximum atomic E-state index is 11.1. The number of unbranched alkanes of at least 4 members (excludes halogenated alkanes) is 7. The van der Waals surface area contributed by atoms with Crippen LogP contribution in [0.5, 0.6) is 0 Å². The van der Waals surface area contributed by atoms with E-state index < -0.39 is 0 Å². The van der Waals surface area contributed by atoms with Gasteiger partial charge in [0.2, 0.25) is 0 Å². The van der Waals surface area contributed by atoms with Gasteiger partial charge >= 0.3 is 5.97 Å². The Morgan fingerprint density at radius 3 is 2.29 bits per heavy atom. The van der Waals surface area contributed by atoms with Crippen LogP contribution in [0.4, 0.5) is 0 Å². The van der Waals surface area contributed by atoms with Crippen LogP contribution in [0, 0.1) is 0 Å². The summed E-state index contributed by atoms with van der Waals surface area (Å²) in [6, 6.07) is 4.36. The summed E-state index contributed by atoms with van der Waals surface area (Å²) < 4.78 is 5.06. The zero-order valence-corrected chi connectivity index (χ0v) is 14.1. The van der Waals surface area contributed by atoms with Crippen LogP contribution in [0.15, 0.2) is 29.7 Å². The van der Waals surface area contributed by atoms with E-state index in [4.69, 9.17) is 4.74 Å². The molecule has 0 spiro atoms. The van der Waals surface area contributed by atoms with Gasteiger partial charge in [-0.3, -0.25) is 0 Å². The van der Waals surface area contributed by atoms with E-state index in [-0.39, 0.29) is 5.97 Å². The van der Waals surface area contributed by atoms with Crippen molar-refractivity contribution >= 4 is 17.3 Å². The molecule has 0 aliphatic rings. The third-order valence-electron chi connectivity index (χ3n) is 3.48. The van der Waals surface area contributed by atoms with E-state index in [9.17, 15) is 4.79 Å². The maximum absolute atomic E-state index is 11.1. The molecule has 1 heterocycles. The van der Waals surface area contributed by atoms with E-state index in [0.717, 1.165) is 12.8 Å². The van der Waals surface area contributed by atoms with Crippen molar-refractivity contribution in [1.82, 2.24) is 0 Å². The van der Waals surface area contributed by atoms with Crippen molar-refractivity contribution in [3.8, 4) is 0 Å². The quantitative estimate of drug-likeness (QED) is 0.288. The minimum absolute atomic E-state index is 0.263. The van der Waals surface area contributed by atoms with Gasteiger partial charge in [0, 0.05) is 10.5 Å². The van der Waals surface area contributed by atoms with Crippen molar-refractivity contribution in [3.63, 3.8) is 0 Å². The molecule has 0 radical (unpaired) electrons. The van der Waals surface area contributed by atoms with Gasteiger partial charge in [0.05, 0.1) is 6.61 Å². The average molecular weight is 308 g/mol. The minimum Gasteiger partial charge on any atom is -0.462 e. The van der Waals surface area contributed by atoms with Crippen LogP contribution in [0.2, 0.25) is 0 Å². The van der Waals surface area contributed by atoms with Crippen LogP contribution >= 0.6 is 11.3 Å². The number of thiophene rings is 1. The Bertz CT molecular complexity index is 395. The van der Waals surface area contributed by atoms with Gasteiger partial charge in [0.15, 0.2) is 0 Å². The fraction of sp³-hybridized carbons (Fsp3) is 0.611. The zero-order chi connectivity index (χ0) is 15.3. The number of ether oxygens (including phenoxy) is 1. The van der Waals surface area contributed by atoms with E-state index in [1.165, 1.54) is 49.8 Å². The first kappa shape index (κ1) is 18.0. The number of hydrogen-bond donors (Lipinski definition) is 0. The number of carbonyl (C=O) groups excluding carboxylic acids is 1. The molecule has 3 heteroatoms. The van der Waals surface area contributed by atoms with Gasteiger partial charge in [0.25, 0.3) is 0 Å². The molecule has 1 rings (SSSR count). The molecule has 0 aliphatic carbocycles. The van der Waals surface area contributed by atoms with Crippen LogP contribution in [-0.2, 0) is 16.0 Å². The van der Waals surface area contributed by atoms with Crippen molar-refractivity contribution in [2.75, 3.05) is 6.61 Å². The Morgan fingerprint density at radius 1 is 1.10 bits per heavy atom. The summed E-state index contributed by atoms with van der Waals surface area (Å²) in [6.45, 7) is 5.78. The molecule has 0 bridgehead atoms. The lowest BCUT2D eigenvalue weighted by molar-refractivity contribution is -0.139. The molecule has 1 aromatic rings. The Balaban J connectivity index is 1.78. The fourth-order valence-electron chi connectivity index (χ4n) is 2.20. The molecule has 0 fully saturated rings. The zero-order valence-electron chi connectivity index (χ0n) is 13.2. The van der Waals surface area contributed by atoms with Gasteiger partial charge in [-0.15, -0.1) is 11.3 Å². The third-order valence-corrected chi connectivity index (χ3v) is 4.42. The number of rotatable bonds is 12. The summed E-state index contributed by atoms with van der Waals surface area (Å²) >= 11 is 1.86. The molecule has 0 saturated heterocycles. The van der Waals surface area contributed by atoms with Gasteiger partial charge in [0.1, 0.15) is 0 Å². The molecule has 2 nitrogen and oxygen atoms in total. The van der Waals surface area contributed by atoms with Gasteiger partial charge in [-0.25, -0.2) is 4.79 Å². The SMILES string of the molecule is C=C(C)C(=O)OCCCCCCCCCCc1cccs1. The number of hydrogen-bond acceptors (Lipinski definition) is 3. The monoisotopic (exact) mass is 308 g/mol. The highest BCUT2D eigenvalue weighted by Gasteiger charge is 2.01. The number of carbonyl (C=O) groups is 1. The highest BCUT2D eigenvalue weighted by molar-refractivity contribution is 7.09. The van der Waals surface area contributed by atoms with Crippen LogP contribution in [-0.4, -0.2) is 12.6 Å². The van der Waals surface area contributed by atoms with Gasteiger partial charge < -0.3 is 4.74 Å². The minimum atomic E-state index is -0.263. The predicted octanol–water partition coefficient (Wildman–Crippen LogP) is 5.53. The lowest BCUT2D eigenvalue weighted by atomic mass is 10.1. The van der Waals surface area contributed by atoms with Crippen LogP contribution in [0.1, 0.15) is 63.2 Å². The number of esters is 1. The molecule has 0 aromatic carbocycles. The highest BCUT2D eigenvalue weighted by atomic mass is 32.1. The lowest BCUT2D eigenvalue weighted by Crippen LogP contribution is -2.05. The Kier molecular flexibility index (Phi) is 9.88. The van der Waals surface area contributed by atoms with Crippen molar-refractivity contribution in [2.24, 2.45) is 0 Å². The Labute approximate surface area is 133 Å². The molecule has 0 amide bonds. The topological polar surface area (TPSA) is 26.3 Å². The molecular formula is C18H28O2S. The standard InChI is InChI=1S/C18H28O2S/c1-16(2)18(19)20-14-10-8-6-4-3-5-7-9-12-17-13-11-15-21-17/h11,13,15H,1,3-10,12,14H2,2H3. The van der Waals surface area contributed by atoms with E-state index in [0.29, 0.717) is 12.2 Å². The van der Waals surface area contributed by atoms with Crippen LogP contribution in [0.3, 0.4) is 0 Å². The maximum Gasteiger partial charge on any atom is 0.333 e. The second kappa shape index (κ2) is 11.6. The molecule has 1 aromatic heterocycles. The van der Waals surface area contributed by atoms with Crippen LogP contribution < -0.4 is 0 Å². The molecule has 118 valence electrons. The van der Waals surface area contributed by atoms with E-state index >= 15 is 0 Å². The highest BCUT2D eigenvalue weighted by Crippen LogP contribution is 2.14. The normalized spacial score (nSPS) is 10.5. The molecule has 0 N–H and O–H groups in total. The fourth-order valence-corrected chi connectivity index (χ4v) is 2.96. The number of aryl methyl sites for hydroxylation is 1. The summed E-state index contributed by atoms with van der Waals surface area (Å²) in [5.41, 5.74) is 0.484. The summed E-state index contributed by atoms with van der Waals surface area (Å²) in [5.74, 6) is -0.263. The smallest absolute Gasteiger partial charge is 0.333 e. The van der Waals surface area contributed by atoms with Gasteiger partial charge in [-0.1, -0.05) is 51.2 Å². The molecular weight excluding hydrogens is 280 g/mol. The first-order chi connectivity index (χ1) is 10.2. The molecule has 0 aliphatic heterocycles. The summed E-state index contributed by atoms with van der Waals surface area (Å²) in [4.78, 5) is 12.7. The van der Waals surface area contributed by atoms with Crippen LogP contribution in [0.25, 0.3) is 0 Å². The van der Waals surface area contributed by atoms with E-state index in [1.54, 1.807) is 6.92 Å². The third kappa shape index (κ3) is 9.46. The first-order valence-electron chi connectivity index (χ1n) is 8.05. The second-order valence-electron chi connectivity index (χ2n) is 5.57. The molecule has 0 saturated carbocycles. The Morgan fingerprint density at radius 2 is 1.71 bits per heavy atom. The Hall–Kier alpha value is -1.09. The van der Waals surface area contributed by atoms with Gasteiger partial charge in [-0.2, -0.15) is 0 Å². The van der Waals surface area contributed by atoms with Crippen molar-refractivity contribution in [3.05, 3.63) is 34.5 Å². The summed E-state index contributed by atoms with van der Waals surface area (Å²) in [5, 5.41) is 2.16. The molecule has 0 atom stereocenters. The predicted molar refractivity (Wildman–Crippen MR) is 90.7 cm³/mol. The lowest BCUT2D eigenvalue weighted by Gasteiger charge is -2.04. The van der Waals surface area contributed by atoms with E-state index in [2.05, 4.69) is 24.1 Å². The van der Waals surface area contributed by atoms with E-state index in [1.807, 2.05) is 11.3 Å². The van der Waals surface area contributed by atoms with Crippen molar-refractivity contribution in [1.29, 1.82) is 0 Å². The van der Waals surface area contributed by atoms with Gasteiger partial charge in [-0.05, 0) is 37.6 Å². The summed E-state index contributed by atoms with van der Waals surface area (Å²) in [7, 11) is 0. The average Bonchev–Trinajstić information content (AvgIpc) is 2.97. The summed E-state index contributed by atoms with van der Waals surface area (Å²) in [6.07, 6.45) is 11.2. The molecule has 0 unspecified atom stereocenters. The largest absolute Gasteiger partial charge is 0.462 e. The van der Waals surface area contributed by atoms with Crippen molar-refractivity contribution < 1.29 is 9.53 Å².